The van der Waals surface area contributed by atoms with Crippen LogP contribution in [-0.4, -0.2) is 35.6 Å². The predicted octanol–water partition coefficient (Wildman–Crippen LogP) is 0.838. The average molecular weight is 238 g/mol. The standard InChI is InChI=1S/C11H18N4O2/c1-3-7-15(8-10(16)17-4-2)11-13-6-5-9(12)14-11/h5-6H,3-4,7-8H2,1-2H3,(H2,12,13,14). The molecule has 0 aliphatic rings. The summed E-state index contributed by atoms with van der Waals surface area (Å²) in [5.74, 6) is 0.562. The second-order valence-electron chi connectivity index (χ2n) is 3.51. The molecule has 0 aromatic carbocycles. The number of esters is 1. The van der Waals surface area contributed by atoms with E-state index >= 15 is 0 Å². The number of anilines is 2. The highest BCUT2D eigenvalue weighted by atomic mass is 16.5. The normalized spacial score (nSPS) is 10.0. The summed E-state index contributed by atoms with van der Waals surface area (Å²) in [5.41, 5.74) is 5.59. The molecule has 94 valence electrons. The maximum absolute atomic E-state index is 11.4. The van der Waals surface area contributed by atoms with Crippen LogP contribution in [0.3, 0.4) is 0 Å². The molecule has 0 amide bonds. The summed E-state index contributed by atoms with van der Waals surface area (Å²) in [5, 5.41) is 0. The molecule has 2 N–H and O–H groups in total. The maximum atomic E-state index is 11.4. The molecule has 17 heavy (non-hydrogen) atoms. The van der Waals surface area contributed by atoms with Crippen LogP contribution < -0.4 is 10.6 Å². The molecular formula is C11H18N4O2. The number of nitrogens with two attached hydrogens (primary N) is 1. The van der Waals surface area contributed by atoms with Gasteiger partial charge >= 0.3 is 5.97 Å². The summed E-state index contributed by atoms with van der Waals surface area (Å²) in [4.78, 5) is 21.4. The van der Waals surface area contributed by atoms with Gasteiger partial charge in [0.15, 0.2) is 0 Å². The van der Waals surface area contributed by atoms with Gasteiger partial charge in [0.1, 0.15) is 12.4 Å². The van der Waals surface area contributed by atoms with Gasteiger partial charge in [0.25, 0.3) is 0 Å². The molecule has 1 aromatic rings. The third-order valence-electron chi connectivity index (χ3n) is 2.07. The Balaban J connectivity index is 2.74. The number of hydrogen-bond acceptors (Lipinski definition) is 6. The number of aromatic nitrogens is 2. The zero-order chi connectivity index (χ0) is 12.7. The number of carbonyl (C=O) groups excluding carboxylic acids is 1. The summed E-state index contributed by atoms with van der Waals surface area (Å²) < 4.78 is 4.90. The number of rotatable bonds is 6. The van der Waals surface area contributed by atoms with Gasteiger partial charge < -0.3 is 15.4 Å². The minimum Gasteiger partial charge on any atom is -0.465 e. The largest absolute Gasteiger partial charge is 0.465 e. The van der Waals surface area contributed by atoms with Crippen molar-refractivity contribution in [3.63, 3.8) is 0 Å². The van der Waals surface area contributed by atoms with Crippen molar-refractivity contribution in [2.24, 2.45) is 0 Å². The molecular weight excluding hydrogens is 220 g/mol. The van der Waals surface area contributed by atoms with E-state index in [1.807, 2.05) is 6.92 Å². The van der Waals surface area contributed by atoms with E-state index in [0.717, 1.165) is 6.42 Å². The third kappa shape index (κ3) is 4.26. The van der Waals surface area contributed by atoms with E-state index in [1.165, 1.54) is 0 Å². The Morgan fingerprint density at radius 3 is 2.88 bits per heavy atom. The van der Waals surface area contributed by atoms with Gasteiger partial charge in [-0.15, -0.1) is 0 Å². The van der Waals surface area contributed by atoms with Crippen LogP contribution in [0.2, 0.25) is 0 Å². The van der Waals surface area contributed by atoms with E-state index in [-0.39, 0.29) is 12.5 Å². The lowest BCUT2D eigenvalue weighted by Gasteiger charge is -2.20. The lowest BCUT2D eigenvalue weighted by molar-refractivity contribution is -0.141. The first-order valence-electron chi connectivity index (χ1n) is 5.66. The summed E-state index contributed by atoms with van der Waals surface area (Å²) in [7, 11) is 0. The number of nitrogens with zero attached hydrogens (tertiary/aromatic N) is 3. The maximum Gasteiger partial charge on any atom is 0.325 e. The van der Waals surface area contributed by atoms with Gasteiger partial charge in [-0.25, -0.2) is 4.98 Å². The fourth-order valence-electron chi connectivity index (χ4n) is 1.40. The van der Waals surface area contributed by atoms with Crippen molar-refractivity contribution in [2.45, 2.75) is 20.3 Å². The van der Waals surface area contributed by atoms with Crippen molar-refractivity contribution in [1.29, 1.82) is 0 Å². The summed E-state index contributed by atoms with van der Waals surface area (Å²) >= 11 is 0. The molecule has 0 atom stereocenters. The van der Waals surface area contributed by atoms with Crippen molar-refractivity contribution in [3.8, 4) is 0 Å². The SMILES string of the molecule is CCCN(CC(=O)OCC)c1nccc(N)n1. The van der Waals surface area contributed by atoms with Gasteiger partial charge in [-0.1, -0.05) is 6.92 Å². The molecule has 0 saturated carbocycles. The second kappa shape index (κ2) is 6.67. The molecule has 1 aromatic heterocycles. The fourth-order valence-corrected chi connectivity index (χ4v) is 1.40. The Morgan fingerprint density at radius 1 is 1.53 bits per heavy atom. The van der Waals surface area contributed by atoms with Crippen molar-refractivity contribution in [1.82, 2.24) is 9.97 Å². The van der Waals surface area contributed by atoms with Crippen LogP contribution in [0.5, 0.6) is 0 Å². The molecule has 0 fully saturated rings. The average Bonchev–Trinajstić information content (AvgIpc) is 2.29. The monoisotopic (exact) mass is 238 g/mol. The second-order valence-corrected chi connectivity index (χ2v) is 3.51. The Kier molecular flexibility index (Phi) is 5.19. The molecule has 0 spiro atoms. The van der Waals surface area contributed by atoms with Crippen molar-refractivity contribution >= 4 is 17.7 Å². The van der Waals surface area contributed by atoms with Gasteiger partial charge in [-0.05, 0) is 19.4 Å². The molecule has 0 aliphatic heterocycles. The molecule has 6 heteroatoms. The van der Waals surface area contributed by atoms with Crippen LogP contribution in [0.15, 0.2) is 12.3 Å². The highest BCUT2D eigenvalue weighted by Crippen LogP contribution is 2.09. The molecule has 1 rings (SSSR count). The van der Waals surface area contributed by atoms with Crippen LogP contribution in [0.1, 0.15) is 20.3 Å². The zero-order valence-electron chi connectivity index (χ0n) is 10.2. The van der Waals surface area contributed by atoms with Crippen molar-refractivity contribution in [3.05, 3.63) is 12.3 Å². The highest BCUT2D eigenvalue weighted by molar-refractivity contribution is 5.75. The molecule has 0 unspecified atom stereocenters. The topological polar surface area (TPSA) is 81.3 Å². The van der Waals surface area contributed by atoms with Crippen LogP contribution >= 0.6 is 0 Å². The van der Waals surface area contributed by atoms with Gasteiger partial charge in [0.2, 0.25) is 5.95 Å². The van der Waals surface area contributed by atoms with Crippen LogP contribution in [0.4, 0.5) is 11.8 Å². The van der Waals surface area contributed by atoms with Gasteiger partial charge in [0.05, 0.1) is 6.61 Å². The zero-order valence-corrected chi connectivity index (χ0v) is 10.2. The van der Waals surface area contributed by atoms with E-state index in [1.54, 1.807) is 24.1 Å². The first kappa shape index (κ1) is 13.2. The van der Waals surface area contributed by atoms with Crippen molar-refractivity contribution in [2.75, 3.05) is 30.3 Å². The lowest BCUT2D eigenvalue weighted by atomic mass is 10.4. The first-order valence-corrected chi connectivity index (χ1v) is 5.66. The fraction of sp³-hybridized carbons (Fsp3) is 0.545. The van der Waals surface area contributed by atoms with E-state index < -0.39 is 0 Å². The molecule has 6 nitrogen and oxygen atoms in total. The highest BCUT2D eigenvalue weighted by Gasteiger charge is 2.14. The molecule has 0 aliphatic carbocycles. The summed E-state index contributed by atoms with van der Waals surface area (Å²) in [6.45, 7) is 4.99. The molecule has 0 saturated heterocycles. The van der Waals surface area contributed by atoms with E-state index in [9.17, 15) is 4.79 Å². The van der Waals surface area contributed by atoms with Gasteiger partial charge in [-0.2, -0.15) is 4.98 Å². The quantitative estimate of drug-likeness (QED) is 0.739. The number of hydrogen-bond donors (Lipinski definition) is 1. The molecule has 0 radical (unpaired) electrons. The smallest absolute Gasteiger partial charge is 0.325 e. The summed E-state index contributed by atoms with van der Waals surface area (Å²) in [6, 6.07) is 1.61. The molecule has 0 bridgehead atoms. The first-order chi connectivity index (χ1) is 8.17. The van der Waals surface area contributed by atoms with E-state index in [2.05, 4.69) is 9.97 Å². The van der Waals surface area contributed by atoms with Crippen LogP contribution in [0, 0.1) is 0 Å². The van der Waals surface area contributed by atoms with Gasteiger partial charge in [0, 0.05) is 12.7 Å². The lowest BCUT2D eigenvalue weighted by Crippen LogP contribution is -2.33. The van der Waals surface area contributed by atoms with Crippen LogP contribution in [-0.2, 0) is 9.53 Å². The van der Waals surface area contributed by atoms with E-state index in [0.29, 0.717) is 24.9 Å². The van der Waals surface area contributed by atoms with Crippen LogP contribution in [0.25, 0.3) is 0 Å². The Labute approximate surface area is 101 Å². The Hall–Kier alpha value is -1.85. The number of ether oxygens (including phenoxy) is 1. The number of carbonyl (C=O) groups is 1. The number of nitrogen functional groups attached to an aromatic ring is 1. The van der Waals surface area contributed by atoms with Crippen molar-refractivity contribution < 1.29 is 9.53 Å². The Bertz CT molecular complexity index is 370. The third-order valence-corrected chi connectivity index (χ3v) is 2.07. The minimum atomic E-state index is -0.285. The summed E-state index contributed by atoms with van der Waals surface area (Å²) in [6.07, 6.45) is 2.46. The van der Waals surface area contributed by atoms with E-state index in [4.69, 9.17) is 10.5 Å². The minimum absolute atomic E-state index is 0.144. The molecule has 1 heterocycles. The predicted molar refractivity (Wildman–Crippen MR) is 65.6 cm³/mol. The Morgan fingerprint density at radius 2 is 2.29 bits per heavy atom. The van der Waals surface area contributed by atoms with Gasteiger partial charge in [-0.3, -0.25) is 4.79 Å².